The van der Waals surface area contributed by atoms with Crippen molar-refractivity contribution in [3.8, 4) is 0 Å². The van der Waals surface area contributed by atoms with Crippen LogP contribution in [0.2, 0.25) is 0 Å². The lowest BCUT2D eigenvalue weighted by molar-refractivity contribution is 0.975. The van der Waals surface area contributed by atoms with E-state index in [9.17, 15) is 0 Å². The summed E-state index contributed by atoms with van der Waals surface area (Å²) in [7, 11) is 0. The monoisotopic (exact) mass is 100 g/mol. The van der Waals surface area contributed by atoms with Crippen molar-refractivity contribution in [3.63, 3.8) is 0 Å². The highest BCUT2D eigenvalue weighted by Crippen LogP contribution is 1.78. The molecule has 0 spiro atoms. The molecule has 0 amide bonds. The number of amidine groups is 1. The Morgan fingerprint density at radius 2 is 2.29 bits per heavy atom. The minimum absolute atomic E-state index is 0.102. The summed E-state index contributed by atoms with van der Waals surface area (Å²) in [6.07, 6.45) is 2.29. The normalized spacial score (nSPS) is 8.71. The van der Waals surface area contributed by atoms with Crippen LogP contribution < -0.4 is 11.5 Å². The molecule has 0 atom stereocenters. The van der Waals surface area contributed by atoms with Gasteiger partial charge in [0.05, 0.1) is 5.84 Å². The lowest BCUT2D eigenvalue weighted by atomic mass is 10.3. The fourth-order valence-electron chi connectivity index (χ4n) is 0.239. The largest absolute Gasteiger partial charge is 0.387 e. The Kier molecular flexibility index (Phi) is 3.32. The van der Waals surface area contributed by atoms with E-state index in [1.54, 1.807) is 6.42 Å². The number of rotatable bonds is 3. The van der Waals surface area contributed by atoms with Gasteiger partial charge in [0.1, 0.15) is 0 Å². The zero-order chi connectivity index (χ0) is 5.70. The van der Waals surface area contributed by atoms with Crippen molar-refractivity contribution in [1.29, 1.82) is 5.41 Å². The third-order valence-electron chi connectivity index (χ3n) is 0.531. The zero-order valence-corrected chi connectivity index (χ0v) is 4.15. The Bertz CT molecular complexity index is 60.0. The first-order chi connectivity index (χ1) is 3.27. The van der Waals surface area contributed by atoms with Gasteiger partial charge < -0.3 is 11.5 Å². The van der Waals surface area contributed by atoms with Gasteiger partial charge >= 0.3 is 0 Å². The minimum Gasteiger partial charge on any atom is -0.387 e. The van der Waals surface area contributed by atoms with Gasteiger partial charge in [-0.1, -0.05) is 0 Å². The summed E-state index contributed by atoms with van der Waals surface area (Å²) in [6.45, 7) is 0.569. The molecule has 0 fully saturated rings. The predicted octanol–water partition coefficient (Wildman–Crippen LogP) is -0.525. The topological polar surface area (TPSA) is 75.9 Å². The molecule has 5 N–H and O–H groups in total. The van der Waals surface area contributed by atoms with E-state index in [-0.39, 0.29) is 5.84 Å². The van der Waals surface area contributed by atoms with Gasteiger partial charge in [-0.25, -0.2) is 0 Å². The van der Waals surface area contributed by atoms with Crippen LogP contribution in [0.15, 0.2) is 0 Å². The van der Waals surface area contributed by atoms with Gasteiger partial charge in [-0.05, 0) is 13.0 Å². The standard InChI is InChI=1S/C4H10N3/c5-3-1-2-4(6)7/h2H,1,3,5H2,(H3,6,7). The van der Waals surface area contributed by atoms with Crippen LogP contribution in [0, 0.1) is 11.8 Å². The van der Waals surface area contributed by atoms with Crippen LogP contribution in [0.25, 0.3) is 0 Å². The summed E-state index contributed by atoms with van der Waals surface area (Å²) in [5.41, 5.74) is 10.0. The van der Waals surface area contributed by atoms with Crippen molar-refractivity contribution >= 4 is 5.84 Å². The molecule has 3 heteroatoms. The minimum atomic E-state index is 0.102. The van der Waals surface area contributed by atoms with Crippen LogP contribution in [-0.4, -0.2) is 12.4 Å². The molecule has 0 unspecified atom stereocenters. The Labute approximate surface area is 43.2 Å². The van der Waals surface area contributed by atoms with Gasteiger partial charge in [0.15, 0.2) is 0 Å². The molecule has 0 saturated heterocycles. The van der Waals surface area contributed by atoms with Crippen molar-refractivity contribution in [2.75, 3.05) is 6.54 Å². The van der Waals surface area contributed by atoms with Crippen molar-refractivity contribution < 1.29 is 0 Å². The molecule has 0 saturated carbocycles. The summed E-state index contributed by atoms with van der Waals surface area (Å²) in [6, 6.07) is 0. The van der Waals surface area contributed by atoms with Gasteiger partial charge in [-0.15, -0.1) is 0 Å². The summed E-state index contributed by atoms with van der Waals surface area (Å²) in [5.74, 6) is 0.102. The van der Waals surface area contributed by atoms with Crippen LogP contribution in [0.1, 0.15) is 6.42 Å². The molecular weight excluding hydrogens is 90.1 g/mol. The smallest absolute Gasteiger partial charge is 0.0944 e. The highest BCUT2D eigenvalue weighted by Gasteiger charge is 1.84. The molecule has 0 aliphatic carbocycles. The SMILES string of the molecule is N=C(N)[CH]CCN. The van der Waals surface area contributed by atoms with Gasteiger partial charge in [-0.3, -0.25) is 5.41 Å². The molecule has 41 valence electrons. The molecule has 0 heterocycles. The molecule has 0 aliphatic heterocycles. The van der Waals surface area contributed by atoms with Crippen molar-refractivity contribution in [3.05, 3.63) is 6.42 Å². The van der Waals surface area contributed by atoms with E-state index in [0.717, 1.165) is 0 Å². The van der Waals surface area contributed by atoms with Gasteiger partial charge in [-0.2, -0.15) is 0 Å². The van der Waals surface area contributed by atoms with E-state index in [1.807, 2.05) is 0 Å². The first-order valence-electron chi connectivity index (χ1n) is 2.14. The third-order valence-corrected chi connectivity index (χ3v) is 0.531. The average Bonchev–Trinajstić information content (AvgIpc) is 1.61. The Balaban J connectivity index is 2.82. The molecule has 0 bridgehead atoms. The first kappa shape index (κ1) is 6.43. The number of hydrogen-bond donors (Lipinski definition) is 3. The molecule has 0 aromatic rings. The van der Waals surface area contributed by atoms with Crippen molar-refractivity contribution in [2.45, 2.75) is 6.42 Å². The van der Waals surface area contributed by atoms with E-state index < -0.39 is 0 Å². The summed E-state index contributed by atoms with van der Waals surface area (Å²) < 4.78 is 0. The fraction of sp³-hybridized carbons (Fsp3) is 0.500. The molecule has 1 radical (unpaired) electrons. The Morgan fingerprint density at radius 1 is 1.71 bits per heavy atom. The van der Waals surface area contributed by atoms with Gasteiger partial charge in [0, 0.05) is 6.42 Å². The van der Waals surface area contributed by atoms with Crippen molar-refractivity contribution in [1.82, 2.24) is 0 Å². The zero-order valence-electron chi connectivity index (χ0n) is 4.15. The molecule has 0 aliphatic rings. The predicted molar refractivity (Wildman–Crippen MR) is 29.9 cm³/mol. The Hall–Kier alpha value is -0.570. The number of hydrogen-bond acceptors (Lipinski definition) is 2. The lowest BCUT2D eigenvalue weighted by Gasteiger charge is -1.89. The van der Waals surface area contributed by atoms with E-state index in [2.05, 4.69) is 0 Å². The van der Waals surface area contributed by atoms with Crippen LogP contribution in [0.3, 0.4) is 0 Å². The highest BCUT2D eigenvalue weighted by atomic mass is 14.7. The second kappa shape index (κ2) is 3.61. The summed E-state index contributed by atoms with van der Waals surface area (Å²) in [4.78, 5) is 0. The van der Waals surface area contributed by atoms with Crippen LogP contribution in [0.5, 0.6) is 0 Å². The van der Waals surface area contributed by atoms with Crippen LogP contribution in [-0.2, 0) is 0 Å². The van der Waals surface area contributed by atoms with Crippen LogP contribution >= 0.6 is 0 Å². The Morgan fingerprint density at radius 3 is 2.43 bits per heavy atom. The van der Waals surface area contributed by atoms with Crippen LogP contribution in [0.4, 0.5) is 0 Å². The lowest BCUT2D eigenvalue weighted by Crippen LogP contribution is -2.12. The van der Waals surface area contributed by atoms with E-state index in [0.29, 0.717) is 13.0 Å². The van der Waals surface area contributed by atoms with E-state index in [4.69, 9.17) is 16.9 Å². The first-order valence-corrected chi connectivity index (χ1v) is 2.14. The molecule has 0 aromatic carbocycles. The number of nitrogens with one attached hydrogen (secondary N) is 1. The third kappa shape index (κ3) is 5.43. The summed E-state index contributed by atoms with van der Waals surface area (Å²) >= 11 is 0. The molecule has 7 heavy (non-hydrogen) atoms. The van der Waals surface area contributed by atoms with E-state index in [1.165, 1.54) is 0 Å². The molecular formula is C4H10N3. The maximum atomic E-state index is 6.66. The maximum Gasteiger partial charge on any atom is 0.0944 e. The molecule has 3 nitrogen and oxygen atoms in total. The second-order valence-corrected chi connectivity index (χ2v) is 1.24. The molecule has 0 aromatic heterocycles. The second-order valence-electron chi connectivity index (χ2n) is 1.24. The van der Waals surface area contributed by atoms with E-state index >= 15 is 0 Å². The van der Waals surface area contributed by atoms with Crippen molar-refractivity contribution in [2.24, 2.45) is 11.5 Å². The quantitative estimate of drug-likeness (QED) is 0.329. The fourth-order valence-corrected chi connectivity index (χ4v) is 0.239. The maximum absolute atomic E-state index is 6.66. The average molecular weight is 100 g/mol. The number of nitrogens with two attached hydrogens (primary N) is 2. The summed E-state index contributed by atoms with van der Waals surface area (Å²) in [5, 5.41) is 6.66. The highest BCUT2D eigenvalue weighted by molar-refractivity contribution is 5.85. The van der Waals surface area contributed by atoms with Gasteiger partial charge in [0.25, 0.3) is 0 Å². The molecule has 0 rings (SSSR count). The van der Waals surface area contributed by atoms with Gasteiger partial charge in [0.2, 0.25) is 0 Å².